The van der Waals surface area contributed by atoms with E-state index >= 15 is 0 Å². The Balaban J connectivity index is 0.000000163. The molecule has 0 atom stereocenters. The number of hydrogen-bond donors (Lipinski definition) is 4. The predicted octanol–water partition coefficient (Wildman–Crippen LogP) is -0.259. The van der Waals surface area contributed by atoms with E-state index < -0.39 is 6.03 Å². The quantitative estimate of drug-likeness (QED) is 0.318. The summed E-state index contributed by atoms with van der Waals surface area (Å²) in [5, 5.41) is 13.9. The van der Waals surface area contributed by atoms with Gasteiger partial charge in [0.15, 0.2) is 5.82 Å². The first-order valence-electron chi connectivity index (χ1n) is 5.45. The molecule has 1 saturated heterocycles. The molecule has 2 heterocycles. The van der Waals surface area contributed by atoms with Crippen LogP contribution in [0.3, 0.4) is 0 Å². The van der Waals surface area contributed by atoms with Crippen molar-refractivity contribution in [1.29, 1.82) is 0 Å². The van der Waals surface area contributed by atoms with Gasteiger partial charge in [-0.05, 0) is 0 Å². The van der Waals surface area contributed by atoms with Crippen molar-refractivity contribution in [1.82, 2.24) is 20.8 Å². The average Bonchev–Trinajstić information content (AvgIpc) is 2.82. The molecule has 5 N–H and O–H groups in total. The minimum Gasteiger partial charge on any atom is -0.329 e. The van der Waals surface area contributed by atoms with Crippen LogP contribution in [0.4, 0.5) is 10.6 Å². The monoisotopic (exact) mass is 260 g/mol. The molecular weight excluding hydrogens is 248 g/mol. The molecule has 19 heavy (non-hydrogen) atoms. The molecular formula is C11H12N6O2. The van der Waals surface area contributed by atoms with Gasteiger partial charge in [-0.2, -0.15) is 5.10 Å². The lowest BCUT2D eigenvalue weighted by Gasteiger charge is -2.01. The maximum Gasteiger partial charge on any atom is 0.321 e. The maximum absolute atomic E-state index is 10.1. The van der Waals surface area contributed by atoms with Gasteiger partial charge in [0.1, 0.15) is 0 Å². The first kappa shape index (κ1) is 12.7. The highest BCUT2D eigenvalue weighted by Crippen LogP contribution is 2.17. The second-order valence-corrected chi connectivity index (χ2v) is 3.66. The molecule has 1 aliphatic rings. The van der Waals surface area contributed by atoms with Crippen molar-refractivity contribution >= 4 is 28.5 Å². The van der Waals surface area contributed by atoms with Crippen LogP contribution in [0.2, 0.25) is 0 Å². The van der Waals surface area contributed by atoms with Crippen LogP contribution in [0.15, 0.2) is 30.5 Å². The molecule has 0 bridgehead atoms. The topological polar surface area (TPSA) is 122 Å². The number of fused-ring (bicyclic) bond motifs is 1. The van der Waals surface area contributed by atoms with Gasteiger partial charge in [-0.3, -0.25) is 10.1 Å². The zero-order chi connectivity index (χ0) is 13.7. The van der Waals surface area contributed by atoms with Gasteiger partial charge < -0.3 is 10.7 Å². The summed E-state index contributed by atoms with van der Waals surface area (Å²) in [6.45, 7) is 0.124. The number of hydrazine groups is 1. The van der Waals surface area contributed by atoms with Crippen molar-refractivity contribution in [2.24, 2.45) is 5.84 Å². The molecule has 1 aromatic heterocycles. The van der Waals surface area contributed by atoms with Crippen LogP contribution in [0.5, 0.6) is 0 Å². The largest absolute Gasteiger partial charge is 0.329 e. The SMILES string of the molecule is NNc1nncc2ccccc12.O=C1CNC(=O)N1. The first-order valence-corrected chi connectivity index (χ1v) is 5.45. The lowest BCUT2D eigenvalue weighted by molar-refractivity contribution is -0.117. The van der Waals surface area contributed by atoms with Crippen LogP contribution in [-0.2, 0) is 4.79 Å². The fraction of sp³-hybridized carbons (Fsp3) is 0.0909. The van der Waals surface area contributed by atoms with Crippen molar-refractivity contribution in [3.63, 3.8) is 0 Å². The number of anilines is 1. The first-order chi connectivity index (χ1) is 9.20. The summed E-state index contributed by atoms with van der Waals surface area (Å²) in [7, 11) is 0. The van der Waals surface area contributed by atoms with Crippen LogP contribution < -0.4 is 21.9 Å². The molecule has 3 amide bonds. The third-order valence-corrected chi connectivity index (χ3v) is 2.37. The number of nitrogen functional groups attached to an aromatic ring is 1. The number of rotatable bonds is 1. The summed E-state index contributed by atoms with van der Waals surface area (Å²) in [4.78, 5) is 20.1. The summed E-state index contributed by atoms with van der Waals surface area (Å²) >= 11 is 0. The van der Waals surface area contributed by atoms with Gasteiger partial charge >= 0.3 is 6.03 Å². The molecule has 1 aromatic carbocycles. The molecule has 0 spiro atoms. The van der Waals surface area contributed by atoms with E-state index in [1.165, 1.54) is 0 Å². The Kier molecular flexibility index (Phi) is 3.84. The van der Waals surface area contributed by atoms with Crippen LogP contribution in [0, 0.1) is 0 Å². The Morgan fingerprint density at radius 1 is 1.26 bits per heavy atom. The highest BCUT2D eigenvalue weighted by molar-refractivity contribution is 6.01. The summed E-state index contributed by atoms with van der Waals surface area (Å²) in [5.74, 6) is 5.61. The number of aromatic nitrogens is 2. The van der Waals surface area contributed by atoms with Crippen molar-refractivity contribution in [3.8, 4) is 0 Å². The Labute approximate surface area is 108 Å². The Morgan fingerprint density at radius 2 is 2.05 bits per heavy atom. The van der Waals surface area contributed by atoms with E-state index in [1.807, 2.05) is 29.6 Å². The Hall–Kier alpha value is -2.74. The number of hydrogen-bond acceptors (Lipinski definition) is 6. The molecule has 0 aliphatic carbocycles. The van der Waals surface area contributed by atoms with Gasteiger partial charge in [-0.25, -0.2) is 10.6 Å². The van der Waals surface area contributed by atoms with Gasteiger partial charge in [-0.1, -0.05) is 24.3 Å². The highest BCUT2D eigenvalue weighted by Gasteiger charge is 2.14. The number of nitrogens with one attached hydrogen (secondary N) is 3. The third-order valence-electron chi connectivity index (χ3n) is 2.37. The number of nitrogens with zero attached hydrogens (tertiary/aromatic N) is 2. The second kappa shape index (κ2) is 5.74. The predicted molar refractivity (Wildman–Crippen MR) is 68.9 cm³/mol. The van der Waals surface area contributed by atoms with Gasteiger partial charge in [0.05, 0.1) is 12.7 Å². The summed E-state index contributed by atoms with van der Waals surface area (Å²) in [6, 6.07) is 7.39. The van der Waals surface area contributed by atoms with Gasteiger partial charge in [0.25, 0.3) is 0 Å². The lowest BCUT2D eigenvalue weighted by atomic mass is 10.2. The smallest absolute Gasteiger partial charge is 0.321 e. The maximum atomic E-state index is 10.1. The van der Waals surface area contributed by atoms with Crippen molar-refractivity contribution in [3.05, 3.63) is 30.5 Å². The standard InChI is InChI=1S/C8H8N4.C3H4N2O2/c9-11-8-7-4-2-1-3-6(7)5-10-12-8;6-2-1-4-3(7)5-2/h1-5H,9H2,(H,11,12);1H2,(H2,4,5,6,7). The fourth-order valence-electron chi connectivity index (χ4n) is 1.51. The van der Waals surface area contributed by atoms with Crippen LogP contribution in [0.1, 0.15) is 0 Å². The fourth-order valence-corrected chi connectivity index (χ4v) is 1.51. The minimum absolute atomic E-state index is 0.124. The summed E-state index contributed by atoms with van der Waals surface area (Å²) in [6.07, 6.45) is 1.70. The number of carbonyl (C=O) groups is 2. The third kappa shape index (κ3) is 3.13. The summed E-state index contributed by atoms with van der Waals surface area (Å²) < 4.78 is 0. The van der Waals surface area contributed by atoms with E-state index in [-0.39, 0.29) is 12.5 Å². The number of imide groups is 1. The molecule has 3 rings (SSSR count). The molecule has 8 nitrogen and oxygen atoms in total. The van der Waals surface area contributed by atoms with E-state index in [2.05, 4.69) is 20.9 Å². The molecule has 0 saturated carbocycles. The number of nitrogens with two attached hydrogens (primary N) is 1. The molecule has 2 aromatic rings. The molecule has 0 unspecified atom stereocenters. The normalized spacial score (nSPS) is 13.3. The molecule has 1 aliphatic heterocycles. The van der Waals surface area contributed by atoms with Crippen LogP contribution in [-0.4, -0.2) is 28.7 Å². The van der Waals surface area contributed by atoms with Gasteiger partial charge in [0, 0.05) is 10.8 Å². The number of benzene rings is 1. The van der Waals surface area contributed by atoms with E-state index in [1.54, 1.807) is 6.20 Å². The average molecular weight is 260 g/mol. The van der Waals surface area contributed by atoms with Crippen molar-refractivity contribution in [2.45, 2.75) is 0 Å². The molecule has 98 valence electrons. The molecule has 0 radical (unpaired) electrons. The molecule has 8 heteroatoms. The Morgan fingerprint density at radius 3 is 2.63 bits per heavy atom. The van der Waals surface area contributed by atoms with Gasteiger partial charge in [0.2, 0.25) is 5.91 Å². The van der Waals surface area contributed by atoms with E-state index in [4.69, 9.17) is 5.84 Å². The lowest BCUT2D eigenvalue weighted by Crippen LogP contribution is -2.22. The number of urea groups is 1. The van der Waals surface area contributed by atoms with E-state index in [0.29, 0.717) is 5.82 Å². The molecule has 1 fully saturated rings. The zero-order valence-corrected chi connectivity index (χ0v) is 9.88. The van der Waals surface area contributed by atoms with E-state index in [0.717, 1.165) is 10.8 Å². The Bertz CT molecular complexity index is 596. The second-order valence-electron chi connectivity index (χ2n) is 3.66. The van der Waals surface area contributed by atoms with Gasteiger partial charge in [-0.15, -0.1) is 5.10 Å². The van der Waals surface area contributed by atoms with Crippen LogP contribution >= 0.6 is 0 Å². The highest BCUT2D eigenvalue weighted by atomic mass is 16.2. The summed E-state index contributed by atoms with van der Waals surface area (Å²) in [5.41, 5.74) is 2.50. The van der Waals surface area contributed by atoms with E-state index in [9.17, 15) is 9.59 Å². The minimum atomic E-state index is -0.398. The van der Waals surface area contributed by atoms with Crippen LogP contribution in [0.25, 0.3) is 10.8 Å². The van der Waals surface area contributed by atoms with Crippen molar-refractivity contribution < 1.29 is 9.59 Å². The zero-order valence-electron chi connectivity index (χ0n) is 9.88. The number of carbonyl (C=O) groups excluding carboxylic acids is 2. The number of amides is 3. The van der Waals surface area contributed by atoms with Crippen molar-refractivity contribution in [2.75, 3.05) is 12.0 Å².